The summed E-state index contributed by atoms with van der Waals surface area (Å²) in [6.45, 7) is 5.12. The van der Waals surface area contributed by atoms with E-state index in [4.69, 9.17) is 19.2 Å². The zero-order chi connectivity index (χ0) is 20.3. The van der Waals surface area contributed by atoms with Gasteiger partial charge in [-0.3, -0.25) is 0 Å². The number of hydrogen-bond donors (Lipinski definition) is 0. The molecule has 6 rings (SSSR count). The molecule has 0 N–H and O–H groups in total. The monoisotopic (exact) mass is 437 g/mol. The topological polar surface area (TPSA) is 66.4 Å². The van der Waals surface area contributed by atoms with E-state index in [1.807, 2.05) is 12.1 Å². The highest BCUT2D eigenvalue weighted by Crippen LogP contribution is 2.40. The standard InChI is InChI=1S/C22H19N3O3S2/c1-22(2)7-15-13(8-28-22)6-14-18-19(30-20(14)25-15)21(24-10-23-18)29-9-12-3-4-16-17(5-12)27-11-26-16/h3-6,10H,7-9,11H2,1-2H3. The predicted molar refractivity (Wildman–Crippen MR) is 117 cm³/mol. The molecule has 0 bridgehead atoms. The van der Waals surface area contributed by atoms with Crippen molar-refractivity contribution >= 4 is 43.5 Å². The largest absolute Gasteiger partial charge is 0.454 e. The van der Waals surface area contributed by atoms with Crippen LogP contribution in [0.1, 0.15) is 30.7 Å². The van der Waals surface area contributed by atoms with Crippen molar-refractivity contribution in [2.45, 2.75) is 43.3 Å². The molecule has 2 aliphatic rings. The average Bonchev–Trinajstić information content (AvgIpc) is 3.34. The van der Waals surface area contributed by atoms with Gasteiger partial charge in [0, 0.05) is 23.1 Å². The van der Waals surface area contributed by atoms with Crippen molar-refractivity contribution in [3.8, 4) is 11.5 Å². The number of thiophene rings is 1. The molecule has 8 heteroatoms. The van der Waals surface area contributed by atoms with Crippen LogP contribution in [0.4, 0.5) is 0 Å². The lowest BCUT2D eigenvalue weighted by molar-refractivity contribution is -0.0411. The van der Waals surface area contributed by atoms with Crippen LogP contribution in [0.15, 0.2) is 35.6 Å². The summed E-state index contributed by atoms with van der Waals surface area (Å²) >= 11 is 3.38. The molecule has 0 unspecified atom stereocenters. The Morgan fingerprint density at radius 1 is 1.13 bits per heavy atom. The number of thioether (sulfide) groups is 1. The van der Waals surface area contributed by atoms with Gasteiger partial charge in [-0.05, 0) is 37.6 Å². The van der Waals surface area contributed by atoms with Gasteiger partial charge in [0.15, 0.2) is 11.5 Å². The van der Waals surface area contributed by atoms with Gasteiger partial charge in [-0.1, -0.05) is 6.07 Å². The SMILES string of the molecule is CC1(C)Cc2nc3sc4c(SCc5ccc6c(c5)OCO6)ncnc4c3cc2CO1. The quantitative estimate of drug-likeness (QED) is 0.326. The first-order valence-electron chi connectivity index (χ1n) is 9.77. The van der Waals surface area contributed by atoms with Crippen molar-refractivity contribution in [1.82, 2.24) is 15.0 Å². The number of hydrogen-bond acceptors (Lipinski definition) is 8. The van der Waals surface area contributed by atoms with Gasteiger partial charge in [0.1, 0.15) is 16.2 Å². The fraction of sp³-hybridized carbons (Fsp3) is 0.318. The molecule has 6 nitrogen and oxygen atoms in total. The van der Waals surface area contributed by atoms with Crippen LogP contribution >= 0.6 is 23.1 Å². The summed E-state index contributed by atoms with van der Waals surface area (Å²) in [6, 6.07) is 8.27. The maximum Gasteiger partial charge on any atom is 0.231 e. The number of pyridine rings is 1. The van der Waals surface area contributed by atoms with Gasteiger partial charge in [-0.25, -0.2) is 15.0 Å². The first kappa shape index (κ1) is 18.4. The molecule has 5 heterocycles. The van der Waals surface area contributed by atoms with E-state index >= 15 is 0 Å². The third kappa shape index (κ3) is 3.10. The van der Waals surface area contributed by atoms with Crippen LogP contribution in [-0.2, 0) is 23.5 Å². The van der Waals surface area contributed by atoms with Gasteiger partial charge in [0.2, 0.25) is 6.79 Å². The van der Waals surface area contributed by atoms with Crippen molar-refractivity contribution < 1.29 is 14.2 Å². The zero-order valence-corrected chi connectivity index (χ0v) is 18.2. The van der Waals surface area contributed by atoms with Crippen LogP contribution in [0.2, 0.25) is 0 Å². The summed E-state index contributed by atoms with van der Waals surface area (Å²) < 4.78 is 18.0. The molecule has 0 fully saturated rings. The molecular formula is C22H19N3O3S2. The highest BCUT2D eigenvalue weighted by atomic mass is 32.2. The van der Waals surface area contributed by atoms with Crippen LogP contribution in [-0.4, -0.2) is 27.3 Å². The summed E-state index contributed by atoms with van der Waals surface area (Å²) in [4.78, 5) is 15.1. The Kier molecular flexibility index (Phi) is 4.16. The number of benzene rings is 1. The summed E-state index contributed by atoms with van der Waals surface area (Å²) in [6.07, 6.45) is 2.47. The first-order valence-corrected chi connectivity index (χ1v) is 11.6. The van der Waals surface area contributed by atoms with Crippen LogP contribution in [0.25, 0.3) is 20.4 Å². The van der Waals surface area contributed by atoms with Crippen LogP contribution in [0.5, 0.6) is 11.5 Å². The predicted octanol–water partition coefficient (Wildman–Crippen LogP) is 5.11. The number of rotatable bonds is 3. The second kappa shape index (κ2) is 6.80. The van der Waals surface area contributed by atoms with E-state index in [9.17, 15) is 0 Å². The normalized spacial score (nSPS) is 16.9. The third-order valence-electron chi connectivity index (χ3n) is 5.41. The molecule has 0 radical (unpaired) electrons. The Bertz CT molecular complexity index is 1300. The fourth-order valence-electron chi connectivity index (χ4n) is 3.85. The van der Waals surface area contributed by atoms with Gasteiger partial charge >= 0.3 is 0 Å². The summed E-state index contributed by atoms with van der Waals surface area (Å²) in [7, 11) is 0. The minimum Gasteiger partial charge on any atom is -0.454 e. The van der Waals surface area contributed by atoms with Crippen LogP contribution in [0, 0.1) is 0 Å². The van der Waals surface area contributed by atoms with E-state index in [-0.39, 0.29) is 5.60 Å². The average molecular weight is 438 g/mol. The number of aromatic nitrogens is 3. The minimum atomic E-state index is -0.171. The lowest BCUT2D eigenvalue weighted by atomic mass is 9.95. The lowest BCUT2D eigenvalue weighted by Crippen LogP contribution is -2.32. The Hall–Kier alpha value is -2.42. The highest BCUT2D eigenvalue weighted by molar-refractivity contribution is 7.98. The lowest BCUT2D eigenvalue weighted by Gasteiger charge is -2.30. The minimum absolute atomic E-state index is 0.171. The smallest absolute Gasteiger partial charge is 0.231 e. The summed E-state index contributed by atoms with van der Waals surface area (Å²) in [5, 5.41) is 2.07. The maximum atomic E-state index is 5.98. The van der Waals surface area contributed by atoms with E-state index in [2.05, 4.69) is 35.9 Å². The molecule has 0 saturated heterocycles. The number of ether oxygens (including phenoxy) is 3. The van der Waals surface area contributed by atoms with Crippen LogP contribution < -0.4 is 9.47 Å². The van der Waals surface area contributed by atoms with E-state index in [1.54, 1.807) is 29.4 Å². The van der Waals surface area contributed by atoms with E-state index in [0.29, 0.717) is 13.4 Å². The van der Waals surface area contributed by atoms with Crippen LogP contribution in [0.3, 0.4) is 0 Å². The van der Waals surface area contributed by atoms with Crippen molar-refractivity contribution in [2.75, 3.05) is 6.79 Å². The molecule has 0 aliphatic carbocycles. The maximum absolute atomic E-state index is 5.98. The fourth-order valence-corrected chi connectivity index (χ4v) is 6.00. The molecule has 1 aromatic carbocycles. The second-order valence-electron chi connectivity index (χ2n) is 8.11. The second-order valence-corrected chi connectivity index (χ2v) is 10.1. The van der Waals surface area contributed by atoms with E-state index in [0.717, 1.165) is 60.4 Å². The van der Waals surface area contributed by atoms with Crippen molar-refractivity contribution in [2.24, 2.45) is 0 Å². The zero-order valence-electron chi connectivity index (χ0n) is 16.6. The Morgan fingerprint density at radius 2 is 2.03 bits per heavy atom. The molecule has 0 spiro atoms. The highest BCUT2D eigenvalue weighted by Gasteiger charge is 2.28. The summed E-state index contributed by atoms with van der Waals surface area (Å²) in [5.41, 5.74) is 4.27. The number of nitrogens with zero attached hydrogens (tertiary/aromatic N) is 3. The molecule has 152 valence electrons. The van der Waals surface area contributed by atoms with Gasteiger partial charge in [-0.15, -0.1) is 23.1 Å². The van der Waals surface area contributed by atoms with Gasteiger partial charge < -0.3 is 14.2 Å². The molecule has 2 aliphatic heterocycles. The molecular weight excluding hydrogens is 418 g/mol. The molecule has 0 amide bonds. The Morgan fingerprint density at radius 3 is 2.97 bits per heavy atom. The third-order valence-corrected chi connectivity index (χ3v) is 7.69. The summed E-state index contributed by atoms with van der Waals surface area (Å²) in [5.74, 6) is 2.41. The molecule has 3 aromatic heterocycles. The first-order chi connectivity index (χ1) is 14.6. The Labute approximate surface area is 181 Å². The van der Waals surface area contributed by atoms with E-state index < -0.39 is 0 Å². The van der Waals surface area contributed by atoms with Crippen molar-refractivity contribution in [3.05, 3.63) is 47.4 Å². The molecule has 0 atom stereocenters. The molecule has 30 heavy (non-hydrogen) atoms. The molecule has 0 saturated carbocycles. The Balaban J connectivity index is 1.35. The van der Waals surface area contributed by atoms with Crippen molar-refractivity contribution in [3.63, 3.8) is 0 Å². The van der Waals surface area contributed by atoms with E-state index in [1.165, 1.54) is 5.56 Å². The van der Waals surface area contributed by atoms with Gasteiger partial charge in [-0.2, -0.15) is 0 Å². The number of fused-ring (bicyclic) bond motifs is 5. The molecule has 4 aromatic rings. The van der Waals surface area contributed by atoms with Gasteiger partial charge in [0.05, 0.1) is 28.1 Å². The van der Waals surface area contributed by atoms with Crippen molar-refractivity contribution in [1.29, 1.82) is 0 Å². The van der Waals surface area contributed by atoms with Gasteiger partial charge in [0.25, 0.3) is 0 Å².